The van der Waals surface area contributed by atoms with Crippen molar-refractivity contribution in [1.82, 2.24) is 4.90 Å². The van der Waals surface area contributed by atoms with E-state index in [0.717, 1.165) is 0 Å². The van der Waals surface area contributed by atoms with E-state index in [2.05, 4.69) is 0 Å². The Morgan fingerprint density at radius 1 is 1.56 bits per heavy atom. The van der Waals surface area contributed by atoms with Gasteiger partial charge in [-0.25, -0.2) is 0 Å². The van der Waals surface area contributed by atoms with E-state index in [-0.39, 0.29) is 18.6 Å². The number of likely N-dealkylation sites (N-methyl/N-ethyl adjacent to an activating group) is 1. The summed E-state index contributed by atoms with van der Waals surface area (Å²) in [6, 6.07) is 6.77. The van der Waals surface area contributed by atoms with Gasteiger partial charge in [0.1, 0.15) is 5.75 Å². The summed E-state index contributed by atoms with van der Waals surface area (Å²) in [4.78, 5) is 13.5. The molecule has 1 unspecified atom stereocenters. The van der Waals surface area contributed by atoms with Gasteiger partial charge in [0, 0.05) is 12.6 Å². The summed E-state index contributed by atoms with van der Waals surface area (Å²) < 4.78 is 5.05. The molecule has 1 rings (SSSR count). The van der Waals surface area contributed by atoms with Gasteiger partial charge in [-0.1, -0.05) is 6.07 Å². The van der Waals surface area contributed by atoms with Crippen LogP contribution in [0.2, 0.25) is 0 Å². The van der Waals surface area contributed by atoms with Gasteiger partial charge < -0.3 is 14.7 Å². The molecule has 0 aliphatic carbocycles. The Labute approximate surface area is 95.5 Å². The van der Waals surface area contributed by atoms with Crippen LogP contribution in [0.25, 0.3) is 0 Å². The molecule has 0 fully saturated rings. The molecule has 16 heavy (non-hydrogen) atoms. The van der Waals surface area contributed by atoms with Gasteiger partial charge >= 0.3 is 0 Å². The van der Waals surface area contributed by atoms with Crippen molar-refractivity contribution in [2.45, 2.75) is 13.0 Å². The molecule has 0 saturated carbocycles. The Balaban J connectivity index is 2.87. The molecule has 1 N–H and O–H groups in total. The molecule has 4 heteroatoms. The minimum atomic E-state index is -0.196. The summed E-state index contributed by atoms with van der Waals surface area (Å²) in [5.41, 5.74) is 0.558. The number of hydrogen-bond donors (Lipinski definition) is 1. The third kappa shape index (κ3) is 2.73. The predicted octanol–water partition coefficient (Wildman–Crippen LogP) is 1.15. The zero-order valence-corrected chi connectivity index (χ0v) is 9.80. The predicted molar refractivity (Wildman–Crippen MR) is 61.6 cm³/mol. The van der Waals surface area contributed by atoms with E-state index in [1.165, 1.54) is 4.90 Å². The minimum Gasteiger partial charge on any atom is -0.497 e. The molecule has 1 atom stereocenters. The number of nitrogens with zero attached hydrogens (tertiary/aromatic N) is 1. The fourth-order valence-electron chi connectivity index (χ4n) is 1.28. The molecule has 0 spiro atoms. The highest BCUT2D eigenvalue weighted by atomic mass is 16.5. The molecule has 1 aromatic carbocycles. The number of amides is 1. The molecule has 0 aliphatic rings. The molecule has 0 saturated heterocycles. The standard InChI is InChI=1S/C12H17NO3/c1-9(8-14)13(2)12(15)10-5-4-6-11(7-10)16-3/h4-7,9,14H,8H2,1-3H3. The Morgan fingerprint density at radius 3 is 2.81 bits per heavy atom. The molecule has 0 radical (unpaired) electrons. The first-order valence-corrected chi connectivity index (χ1v) is 5.12. The number of aliphatic hydroxyl groups excluding tert-OH is 1. The van der Waals surface area contributed by atoms with Gasteiger partial charge in [-0.15, -0.1) is 0 Å². The fraction of sp³-hybridized carbons (Fsp3) is 0.417. The van der Waals surface area contributed by atoms with Crippen molar-refractivity contribution >= 4 is 5.91 Å². The number of carbonyl (C=O) groups excluding carboxylic acids is 1. The largest absolute Gasteiger partial charge is 0.497 e. The number of aliphatic hydroxyl groups is 1. The highest BCUT2D eigenvalue weighted by Gasteiger charge is 2.16. The summed E-state index contributed by atoms with van der Waals surface area (Å²) >= 11 is 0. The lowest BCUT2D eigenvalue weighted by Crippen LogP contribution is -2.37. The van der Waals surface area contributed by atoms with Crippen molar-refractivity contribution in [2.24, 2.45) is 0 Å². The fourth-order valence-corrected chi connectivity index (χ4v) is 1.28. The van der Waals surface area contributed by atoms with E-state index < -0.39 is 0 Å². The van der Waals surface area contributed by atoms with Crippen LogP contribution in [0.3, 0.4) is 0 Å². The van der Waals surface area contributed by atoms with E-state index in [9.17, 15) is 4.79 Å². The maximum absolute atomic E-state index is 12.0. The summed E-state index contributed by atoms with van der Waals surface area (Å²) in [7, 11) is 3.23. The molecule has 1 amide bonds. The van der Waals surface area contributed by atoms with Crippen LogP contribution in [0, 0.1) is 0 Å². The molecule has 0 bridgehead atoms. The first-order chi connectivity index (χ1) is 7.60. The van der Waals surface area contributed by atoms with Crippen LogP contribution < -0.4 is 4.74 Å². The highest BCUT2D eigenvalue weighted by Crippen LogP contribution is 2.14. The molecule has 4 nitrogen and oxygen atoms in total. The number of benzene rings is 1. The van der Waals surface area contributed by atoms with Crippen molar-refractivity contribution in [3.8, 4) is 5.75 Å². The second kappa shape index (κ2) is 5.51. The summed E-state index contributed by atoms with van der Waals surface area (Å²) in [6.07, 6.45) is 0. The van der Waals surface area contributed by atoms with Crippen molar-refractivity contribution in [1.29, 1.82) is 0 Å². The Kier molecular flexibility index (Phi) is 4.31. The summed E-state index contributed by atoms with van der Waals surface area (Å²) in [6.45, 7) is 1.74. The van der Waals surface area contributed by atoms with Crippen molar-refractivity contribution in [3.05, 3.63) is 29.8 Å². The quantitative estimate of drug-likeness (QED) is 0.833. The molecular weight excluding hydrogens is 206 g/mol. The molecule has 0 heterocycles. The van der Waals surface area contributed by atoms with E-state index in [0.29, 0.717) is 11.3 Å². The van der Waals surface area contributed by atoms with Gasteiger partial charge in [-0.05, 0) is 25.1 Å². The van der Waals surface area contributed by atoms with Crippen LogP contribution in [-0.4, -0.2) is 42.7 Å². The summed E-state index contributed by atoms with van der Waals surface area (Å²) in [5, 5.41) is 8.98. The first-order valence-electron chi connectivity index (χ1n) is 5.12. The number of methoxy groups -OCH3 is 1. The summed E-state index contributed by atoms with van der Waals surface area (Å²) in [5.74, 6) is 0.524. The van der Waals surface area contributed by atoms with Crippen LogP contribution >= 0.6 is 0 Å². The van der Waals surface area contributed by atoms with Gasteiger partial charge in [0.2, 0.25) is 0 Å². The van der Waals surface area contributed by atoms with Crippen molar-refractivity contribution < 1.29 is 14.6 Å². The van der Waals surface area contributed by atoms with Crippen molar-refractivity contribution in [2.75, 3.05) is 20.8 Å². The molecule has 0 aliphatic heterocycles. The van der Waals surface area contributed by atoms with E-state index in [1.807, 2.05) is 0 Å². The lowest BCUT2D eigenvalue weighted by molar-refractivity contribution is 0.0682. The maximum Gasteiger partial charge on any atom is 0.254 e. The van der Waals surface area contributed by atoms with E-state index in [4.69, 9.17) is 9.84 Å². The third-order valence-electron chi connectivity index (χ3n) is 2.56. The van der Waals surface area contributed by atoms with Crippen LogP contribution in [-0.2, 0) is 0 Å². The monoisotopic (exact) mass is 223 g/mol. The number of rotatable bonds is 4. The van der Waals surface area contributed by atoms with Gasteiger partial charge in [0.05, 0.1) is 19.8 Å². The Bertz CT molecular complexity index is 365. The van der Waals surface area contributed by atoms with Crippen LogP contribution in [0.15, 0.2) is 24.3 Å². The normalized spacial score (nSPS) is 12.0. The molecular formula is C12H17NO3. The third-order valence-corrected chi connectivity index (χ3v) is 2.56. The lowest BCUT2D eigenvalue weighted by atomic mass is 10.1. The minimum absolute atomic E-state index is 0.0494. The zero-order chi connectivity index (χ0) is 12.1. The second-order valence-electron chi connectivity index (χ2n) is 3.68. The van der Waals surface area contributed by atoms with Gasteiger partial charge in [-0.3, -0.25) is 4.79 Å². The number of carbonyl (C=O) groups is 1. The van der Waals surface area contributed by atoms with Crippen LogP contribution in [0.4, 0.5) is 0 Å². The smallest absolute Gasteiger partial charge is 0.254 e. The number of hydrogen-bond acceptors (Lipinski definition) is 3. The topological polar surface area (TPSA) is 49.8 Å². The average molecular weight is 223 g/mol. The van der Waals surface area contributed by atoms with Gasteiger partial charge in [-0.2, -0.15) is 0 Å². The molecule has 88 valence electrons. The highest BCUT2D eigenvalue weighted by molar-refractivity contribution is 5.94. The lowest BCUT2D eigenvalue weighted by Gasteiger charge is -2.23. The van der Waals surface area contributed by atoms with Gasteiger partial charge in [0.15, 0.2) is 0 Å². The Morgan fingerprint density at radius 2 is 2.25 bits per heavy atom. The Hall–Kier alpha value is -1.55. The maximum atomic E-state index is 12.0. The average Bonchev–Trinajstić information content (AvgIpc) is 2.36. The van der Waals surface area contributed by atoms with Crippen LogP contribution in [0.1, 0.15) is 17.3 Å². The van der Waals surface area contributed by atoms with Crippen LogP contribution in [0.5, 0.6) is 5.75 Å². The van der Waals surface area contributed by atoms with E-state index in [1.54, 1.807) is 45.3 Å². The molecule has 0 aromatic heterocycles. The zero-order valence-electron chi connectivity index (χ0n) is 9.80. The van der Waals surface area contributed by atoms with Crippen molar-refractivity contribution in [3.63, 3.8) is 0 Å². The number of ether oxygens (including phenoxy) is 1. The van der Waals surface area contributed by atoms with E-state index >= 15 is 0 Å². The SMILES string of the molecule is COc1cccc(C(=O)N(C)C(C)CO)c1. The molecule has 1 aromatic rings. The first kappa shape index (κ1) is 12.5. The second-order valence-corrected chi connectivity index (χ2v) is 3.68. The van der Waals surface area contributed by atoms with Gasteiger partial charge in [0.25, 0.3) is 5.91 Å².